The minimum Gasteiger partial charge on any atom is -0.462 e. The van der Waals surface area contributed by atoms with E-state index >= 15 is 0 Å². The summed E-state index contributed by atoms with van der Waals surface area (Å²) in [5.74, 6) is 0.0140. The lowest BCUT2D eigenvalue weighted by atomic mass is 9.79. The molecule has 0 amide bonds. The van der Waals surface area contributed by atoms with Crippen LogP contribution in [0.15, 0.2) is 30.3 Å². The average Bonchev–Trinajstić information content (AvgIpc) is 2.94. The van der Waals surface area contributed by atoms with Gasteiger partial charge in [-0.05, 0) is 44.3 Å². The van der Waals surface area contributed by atoms with Gasteiger partial charge in [0, 0.05) is 19.5 Å². The summed E-state index contributed by atoms with van der Waals surface area (Å²) in [6.45, 7) is 8.00. The van der Waals surface area contributed by atoms with Gasteiger partial charge in [0.2, 0.25) is 0 Å². The molecule has 1 heterocycles. The molecule has 2 N–H and O–H groups in total. The predicted molar refractivity (Wildman–Crippen MR) is 98.0 cm³/mol. The molecule has 134 valence electrons. The van der Waals surface area contributed by atoms with Crippen molar-refractivity contribution < 1.29 is 9.53 Å². The van der Waals surface area contributed by atoms with Crippen LogP contribution in [-0.4, -0.2) is 38.3 Å². The van der Waals surface area contributed by atoms with Crippen LogP contribution in [0.5, 0.6) is 0 Å². The molecule has 1 unspecified atom stereocenters. The van der Waals surface area contributed by atoms with E-state index in [9.17, 15) is 4.79 Å². The van der Waals surface area contributed by atoms with Crippen molar-refractivity contribution in [2.75, 3.05) is 26.2 Å². The number of carbonyl (C=O) groups excluding carboxylic acids is 1. The average molecular weight is 332 g/mol. The standard InChI is InChI=1S/C20H32N2O2/c1-3-20(4-2)16-18(24-19(20)23)11-13-22-15-14-21-12-10-17-8-6-5-7-9-17/h5-9,18,21-22H,3-4,10-16H2,1-2H3. The fourth-order valence-electron chi connectivity index (χ4n) is 3.39. The lowest BCUT2D eigenvalue weighted by Crippen LogP contribution is -2.30. The van der Waals surface area contributed by atoms with Crippen LogP contribution >= 0.6 is 0 Å². The topological polar surface area (TPSA) is 50.4 Å². The third-order valence-electron chi connectivity index (χ3n) is 5.23. The first-order valence-corrected chi connectivity index (χ1v) is 9.36. The second-order valence-electron chi connectivity index (χ2n) is 6.74. The molecule has 1 fully saturated rings. The maximum absolute atomic E-state index is 12.0. The zero-order chi connectivity index (χ0) is 17.3. The van der Waals surface area contributed by atoms with Crippen LogP contribution in [0.25, 0.3) is 0 Å². The van der Waals surface area contributed by atoms with Gasteiger partial charge in [-0.1, -0.05) is 44.2 Å². The number of cyclic esters (lactones) is 1. The highest BCUT2D eigenvalue weighted by Crippen LogP contribution is 2.40. The van der Waals surface area contributed by atoms with Crippen LogP contribution < -0.4 is 10.6 Å². The molecule has 1 aliphatic heterocycles. The van der Waals surface area contributed by atoms with Gasteiger partial charge in [0.05, 0.1) is 5.41 Å². The molecule has 0 aromatic heterocycles. The molecule has 0 bridgehead atoms. The minimum absolute atomic E-state index is 0.0140. The van der Waals surface area contributed by atoms with Crippen molar-refractivity contribution in [1.82, 2.24) is 10.6 Å². The predicted octanol–water partition coefficient (Wildman–Crippen LogP) is 2.92. The van der Waals surface area contributed by atoms with Gasteiger partial charge >= 0.3 is 5.97 Å². The molecule has 1 aliphatic rings. The number of hydrogen-bond acceptors (Lipinski definition) is 4. The molecule has 2 rings (SSSR count). The number of carbonyl (C=O) groups is 1. The Bertz CT molecular complexity index is 486. The quantitative estimate of drug-likeness (QED) is 0.483. The fourth-order valence-corrected chi connectivity index (χ4v) is 3.39. The number of ether oxygens (including phenoxy) is 1. The van der Waals surface area contributed by atoms with Crippen molar-refractivity contribution >= 4 is 5.97 Å². The smallest absolute Gasteiger partial charge is 0.312 e. The van der Waals surface area contributed by atoms with E-state index in [4.69, 9.17) is 4.74 Å². The Kier molecular flexibility index (Phi) is 7.73. The Morgan fingerprint density at radius 1 is 1.04 bits per heavy atom. The molecule has 0 saturated carbocycles. The third-order valence-corrected chi connectivity index (χ3v) is 5.23. The van der Waals surface area contributed by atoms with Crippen molar-refractivity contribution in [2.45, 2.75) is 52.1 Å². The summed E-state index contributed by atoms with van der Waals surface area (Å²) in [6, 6.07) is 10.5. The maximum atomic E-state index is 12.0. The molecular formula is C20H32N2O2. The third kappa shape index (κ3) is 5.32. The molecular weight excluding hydrogens is 300 g/mol. The van der Waals surface area contributed by atoms with Crippen molar-refractivity contribution in [1.29, 1.82) is 0 Å². The van der Waals surface area contributed by atoms with Gasteiger partial charge in [0.1, 0.15) is 6.10 Å². The van der Waals surface area contributed by atoms with Crippen LogP contribution in [0.1, 0.15) is 45.1 Å². The molecule has 0 aliphatic carbocycles. The van der Waals surface area contributed by atoms with Crippen molar-refractivity contribution in [3.8, 4) is 0 Å². The SMILES string of the molecule is CCC1(CC)CC(CCNCCNCCc2ccccc2)OC1=O. The second-order valence-corrected chi connectivity index (χ2v) is 6.74. The Morgan fingerprint density at radius 2 is 1.71 bits per heavy atom. The molecule has 1 aromatic rings. The number of rotatable bonds is 11. The van der Waals surface area contributed by atoms with Gasteiger partial charge in [0.25, 0.3) is 0 Å². The summed E-state index contributed by atoms with van der Waals surface area (Å²) < 4.78 is 5.56. The first-order chi connectivity index (χ1) is 11.7. The van der Waals surface area contributed by atoms with Gasteiger partial charge in [-0.25, -0.2) is 0 Å². The zero-order valence-electron chi connectivity index (χ0n) is 15.1. The lowest BCUT2D eigenvalue weighted by molar-refractivity contribution is -0.149. The minimum atomic E-state index is -0.219. The van der Waals surface area contributed by atoms with Gasteiger partial charge < -0.3 is 15.4 Å². The van der Waals surface area contributed by atoms with Gasteiger partial charge in [-0.2, -0.15) is 0 Å². The summed E-state index contributed by atoms with van der Waals surface area (Å²) >= 11 is 0. The van der Waals surface area contributed by atoms with E-state index in [2.05, 4.69) is 48.7 Å². The highest BCUT2D eigenvalue weighted by molar-refractivity contribution is 5.78. The van der Waals surface area contributed by atoms with Crippen LogP contribution in [0.3, 0.4) is 0 Å². The summed E-state index contributed by atoms with van der Waals surface area (Å²) in [6.07, 6.45) is 4.73. The van der Waals surface area contributed by atoms with Crippen molar-refractivity contribution in [2.24, 2.45) is 5.41 Å². The lowest BCUT2D eigenvalue weighted by Gasteiger charge is -2.20. The molecule has 1 atom stereocenters. The van der Waals surface area contributed by atoms with E-state index in [1.807, 2.05) is 6.07 Å². The maximum Gasteiger partial charge on any atom is 0.312 e. The van der Waals surface area contributed by atoms with E-state index < -0.39 is 0 Å². The molecule has 4 nitrogen and oxygen atoms in total. The van der Waals surface area contributed by atoms with Crippen LogP contribution in [0, 0.1) is 5.41 Å². The molecule has 0 radical (unpaired) electrons. The Balaban J connectivity index is 1.49. The van der Waals surface area contributed by atoms with Crippen molar-refractivity contribution in [3.05, 3.63) is 35.9 Å². The van der Waals surface area contributed by atoms with Crippen LogP contribution in [-0.2, 0) is 16.0 Å². The van der Waals surface area contributed by atoms with E-state index in [0.717, 1.165) is 58.3 Å². The zero-order valence-corrected chi connectivity index (χ0v) is 15.1. The molecule has 24 heavy (non-hydrogen) atoms. The van der Waals surface area contributed by atoms with Gasteiger partial charge in [-0.3, -0.25) is 4.79 Å². The van der Waals surface area contributed by atoms with Crippen LogP contribution in [0.4, 0.5) is 0 Å². The normalized spacial score (nSPS) is 19.4. The highest BCUT2D eigenvalue weighted by atomic mass is 16.6. The number of esters is 1. The first-order valence-electron chi connectivity index (χ1n) is 9.36. The molecule has 1 saturated heterocycles. The van der Waals surface area contributed by atoms with E-state index in [-0.39, 0.29) is 17.5 Å². The van der Waals surface area contributed by atoms with E-state index in [0.29, 0.717) is 0 Å². The van der Waals surface area contributed by atoms with Gasteiger partial charge in [0.15, 0.2) is 0 Å². The number of nitrogens with one attached hydrogen (secondary N) is 2. The Morgan fingerprint density at radius 3 is 2.33 bits per heavy atom. The first kappa shape index (κ1) is 18.9. The largest absolute Gasteiger partial charge is 0.462 e. The number of hydrogen-bond donors (Lipinski definition) is 2. The molecule has 0 spiro atoms. The van der Waals surface area contributed by atoms with Gasteiger partial charge in [-0.15, -0.1) is 0 Å². The highest BCUT2D eigenvalue weighted by Gasteiger charge is 2.45. The summed E-state index contributed by atoms with van der Waals surface area (Å²) in [4.78, 5) is 12.0. The fraction of sp³-hybridized carbons (Fsp3) is 0.650. The van der Waals surface area contributed by atoms with Crippen LogP contribution in [0.2, 0.25) is 0 Å². The monoisotopic (exact) mass is 332 g/mol. The number of benzene rings is 1. The van der Waals surface area contributed by atoms with Crippen molar-refractivity contribution in [3.63, 3.8) is 0 Å². The summed E-state index contributed by atoms with van der Waals surface area (Å²) in [5.41, 5.74) is 1.15. The summed E-state index contributed by atoms with van der Waals surface area (Å²) in [7, 11) is 0. The summed E-state index contributed by atoms with van der Waals surface area (Å²) in [5, 5.41) is 6.89. The van der Waals surface area contributed by atoms with E-state index in [1.54, 1.807) is 0 Å². The van der Waals surface area contributed by atoms with E-state index in [1.165, 1.54) is 5.56 Å². The molecule has 4 heteroatoms. The molecule has 1 aromatic carbocycles. The Labute approximate surface area is 146 Å². The second kappa shape index (κ2) is 9.80. The Hall–Kier alpha value is -1.39.